The number of nitrogens with one attached hydrogen (secondary N) is 1. The molecule has 1 aromatic carbocycles. The van der Waals surface area contributed by atoms with Gasteiger partial charge in [-0.05, 0) is 51.6 Å². The van der Waals surface area contributed by atoms with Gasteiger partial charge in [0, 0.05) is 30.6 Å². The number of methoxy groups -OCH3 is 1. The van der Waals surface area contributed by atoms with Crippen molar-refractivity contribution < 1.29 is 46.5 Å². The summed E-state index contributed by atoms with van der Waals surface area (Å²) >= 11 is 0. The molecule has 0 atom stereocenters. The summed E-state index contributed by atoms with van der Waals surface area (Å²) < 4.78 is 60.3. The van der Waals surface area contributed by atoms with Crippen LogP contribution >= 0.6 is 0 Å². The number of benzene rings is 1. The Kier molecular flexibility index (Phi) is 10.8. The van der Waals surface area contributed by atoms with Crippen LogP contribution in [0.3, 0.4) is 0 Å². The normalized spacial score (nSPS) is 16.1. The average Bonchev–Trinajstić information content (AvgIpc) is 3.29. The molecule has 1 fully saturated rings. The number of hydrogen-bond acceptors (Lipinski definition) is 8. The van der Waals surface area contributed by atoms with Crippen LogP contribution in [0.4, 0.5) is 18.9 Å². The van der Waals surface area contributed by atoms with Crippen LogP contribution in [0.5, 0.6) is 5.75 Å². The standard InChI is InChI=1S/C27H35F3N2O7/c1-17(7-9-21(33)38-13-5-4-10-32-11-14-37-15-12-32)6-8-19-23(31-26(35)27(28,29)30)22-20(16-39-25(22)34)18(2)24(19)36-3/h6H,4-5,7-16H2,1-3H3,(H,31,35). The molecule has 0 saturated carbocycles. The first-order valence-corrected chi connectivity index (χ1v) is 12.9. The minimum absolute atomic E-state index is 0.0560. The lowest BCUT2D eigenvalue weighted by Gasteiger charge is -2.26. The molecule has 0 spiro atoms. The van der Waals surface area contributed by atoms with E-state index < -0.39 is 18.1 Å². The summed E-state index contributed by atoms with van der Waals surface area (Å²) in [4.78, 5) is 38.7. The van der Waals surface area contributed by atoms with Crippen molar-refractivity contribution in [1.29, 1.82) is 0 Å². The number of morpholine rings is 1. The fourth-order valence-corrected chi connectivity index (χ4v) is 4.57. The number of halogens is 3. The first kappa shape index (κ1) is 30.4. The number of anilines is 1. The van der Waals surface area contributed by atoms with E-state index in [1.807, 2.05) is 5.32 Å². The summed E-state index contributed by atoms with van der Waals surface area (Å²) in [6.07, 6.45) is -1.15. The number of hydrogen-bond donors (Lipinski definition) is 1. The molecule has 9 nitrogen and oxygen atoms in total. The number of cyclic esters (lactones) is 1. The lowest BCUT2D eigenvalue weighted by Crippen LogP contribution is -2.36. The number of nitrogens with zero attached hydrogens (tertiary/aromatic N) is 1. The minimum atomic E-state index is -5.15. The summed E-state index contributed by atoms with van der Waals surface area (Å²) in [5.74, 6) is -3.10. The molecule has 2 aliphatic rings. The third-order valence-electron chi connectivity index (χ3n) is 6.79. The SMILES string of the molecule is COc1c(C)c2c(c(NC(=O)C(F)(F)F)c1CC=C(C)CCC(=O)OCCCCN1CCOCC1)C(=O)OC2. The van der Waals surface area contributed by atoms with Gasteiger partial charge in [-0.25, -0.2) is 4.79 Å². The first-order chi connectivity index (χ1) is 18.5. The summed E-state index contributed by atoms with van der Waals surface area (Å²) in [5.41, 5.74) is 1.53. The molecule has 12 heteroatoms. The number of allylic oxidation sites excluding steroid dienone is 2. The Labute approximate surface area is 225 Å². The van der Waals surface area contributed by atoms with Gasteiger partial charge in [-0.3, -0.25) is 14.5 Å². The van der Waals surface area contributed by atoms with E-state index in [0.717, 1.165) is 51.3 Å². The maximum absolute atomic E-state index is 13.1. The van der Waals surface area contributed by atoms with Gasteiger partial charge in [-0.2, -0.15) is 13.2 Å². The Hall–Kier alpha value is -3.12. The van der Waals surface area contributed by atoms with Crippen molar-refractivity contribution in [3.8, 4) is 5.75 Å². The number of alkyl halides is 3. The van der Waals surface area contributed by atoms with Gasteiger partial charge in [0.15, 0.2) is 0 Å². The lowest BCUT2D eigenvalue weighted by atomic mass is 9.93. The van der Waals surface area contributed by atoms with Crippen LogP contribution in [0, 0.1) is 6.92 Å². The number of esters is 2. The zero-order valence-electron chi connectivity index (χ0n) is 22.5. The molecule has 0 aromatic heterocycles. The minimum Gasteiger partial charge on any atom is -0.496 e. The summed E-state index contributed by atoms with van der Waals surface area (Å²) in [6.45, 7) is 7.94. The highest BCUT2D eigenvalue weighted by atomic mass is 19.4. The van der Waals surface area contributed by atoms with E-state index in [-0.39, 0.29) is 48.0 Å². The van der Waals surface area contributed by atoms with Gasteiger partial charge in [-0.15, -0.1) is 0 Å². The molecule has 1 amide bonds. The van der Waals surface area contributed by atoms with Gasteiger partial charge in [0.25, 0.3) is 0 Å². The molecular weight excluding hydrogens is 521 g/mol. The second kappa shape index (κ2) is 13.8. The summed E-state index contributed by atoms with van der Waals surface area (Å²) in [7, 11) is 1.36. The van der Waals surface area contributed by atoms with Gasteiger partial charge in [0.1, 0.15) is 12.4 Å². The van der Waals surface area contributed by atoms with Crippen LogP contribution in [0.1, 0.15) is 59.7 Å². The van der Waals surface area contributed by atoms with Gasteiger partial charge in [0.2, 0.25) is 0 Å². The fourth-order valence-electron chi connectivity index (χ4n) is 4.57. The number of carbonyl (C=O) groups excluding carboxylic acids is 3. The Morgan fingerprint density at radius 1 is 1.15 bits per heavy atom. The number of ether oxygens (including phenoxy) is 4. The van der Waals surface area contributed by atoms with Crippen molar-refractivity contribution in [2.75, 3.05) is 51.9 Å². The van der Waals surface area contributed by atoms with Gasteiger partial charge in [-0.1, -0.05) is 11.6 Å². The third-order valence-corrected chi connectivity index (χ3v) is 6.79. The van der Waals surface area contributed by atoms with Gasteiger partial charge >= 0.3 is 24.0 Å². The molecule has 2 heterocycles. The van der Waals surface area contributed by atoms with Crippen molar-refractivity contribution in [2.24, 2.45) is 0 Å². The zero-order chi connectivity index (χ0) is 28.6. The number of rotatable bonds is 12. The third kappa shape index (κ3) is 8.18. The molecule has 1 saturated heterocycles. The van der Waals surface area contributed by atoms with Crippen LogP contribution in [-0.2, 0) is 36.8 Å². The summed E-state index contributed by atoms with van der Waals surface area (Å²) in [5, 5.41) is 1.85. The van der Waals surface area contributed by atoms with E-state index in [9.17, 15) is 27.6 Å². The molecular formula is C27H35F3N2O7. The largest absolute Gasteiger partial charge is 0.496 e. The maximum atomic E-state index is 13.1. The average molecular weight is 557 g/mol. The molecule has 0 radical (unpaired) electrons. The highest BCUT2D eigenvalue weighted by molar-refractivity contribution is 6.07. The topological polar surface area (TPSA) is 103 Å². The van der Waals surface area contributed by atoms with Crippen molar-refractivity contribution in [3.05, 3.63) is 33.9 Å². The molecule has 3 rings (SSSR count). The van der Waals surface area contributed by atoms with E-state index >= 15 is 0 Å². The Morgan fingerprint density at radius 2 is 1.87 bits per heavy atom. The van der Waals surface area contributed by atoms with Crippen molar-refractivity contribution in [2.45, 2.75) is 58.7 Å². The van der Waals surface area contributed by atoms with Crippen molar-refractivity contribution in [3.63, 3.8) is 0 Å². The predicted octanol–water partition coefficient (Wildman–Crippen LogP) is 4.10. The Morgan fingerprint density at radius 3 is 2.54 bits per heavy atom. The molecule has 0 aliphatic carbocycles. The number of fused-ring (bicyclic) bond motifs is 1. The predicted molar refractivity (Wildman–Crippen MR) is 136 cm³/mol. The first-order valence-electron chi connectivity index (χ1n) is 12.9. The smallest absolute Gasteiger partial charge is 0.471 e. The highest BCUT2D eigenvalue weighted by Gasteiger charge is 2.41. The van der Waals surface area contributed by atoms with E-state index in [0.29, 0.717) is 24.2 Å². The molecule has 1 aromatic rings. The van der Waals surface area contributed by atoms with E-state index in [2.05, 4.69) is 4.90 Å². The number of amides is 1. The summed E-state index contributed by atoms with van der Waals surface area (Å²) in [6, 6.07) is 0. The maximum Gasteiger partial charge on any atom is 0.471 e. The Balaban J connectivity index is 1.61. The number of carbonyl (C=O) groups is 3. The van der Waals surface area contributed by atoms with E-state index in [1.54, 1.807) is 19.9 Å². The van der Waals surface area contributed by atoms with Crippen molar-refractivity contribution in [1.82, 2.24) is 4.90 Å². The second-order valence-electron chi connectivity index (χ2n) is 9.53. The van der Waals surface area contributed by atoms with Crippen LogP contribution in [0.15, 0.2) is 11.6 Å². The van der Waals surface area contributed by atoms with Crippen LogP contribution in [0.25, 0.3) is 0 Å². The molecule has 216 valence electrons. The molecule has 0 bridgehead atoms. The van der Waals surface area contributed by atoms with Crippen LogP contribution in [0.2, 0.25) is 0 Å². The van der Waals surface area contributed by atoms with Crippen molar-refractivity contribution >= 4 is 23.5 Å². The highest BCUT2D eigenvalue weighted by Crippen LogP contribution is 2.42. The lowest BCUT2D eigenvalue weighted by molar-refractivity contribution is -0.167. The Bertz CT molecular complexity index is 1100. The van der Waals surface area contributed by atoms with Gasteiger partial charge < -0.3 is 24.3 Å². The second-order valence-corrected chi connectivity index (χ2v) is 9.53. The molecule has 39 heavy (non-hydrogen) atoms. The van der Waals surface area contributed by atoms with Crippen LogP contribution < -0.4 is 10.1 Å². The van der Waals surface area contributed by atoms with Crippen LogP contribution in [-0.4, -0.2) is 75.5 Å². The fraction of sp³-hybridized carbons (Fsp3) is 0.593. The van der Waals surface area contributed by atoms with E-state index in [4.69, 9.17) is 18.9 Å². The molecule has 2 aliphatic heterocycles. The van der Waals surface area contributed by atoms with Gasteiger partial charge in [0.05, 0.1) is 38.2 Å². The number of unbranched alkanes of at least 4 members (excludes halogenated alkanes) is 1. The monoisotopic (exact) mass is 556 g/mol. The zero-order valence-corrected chi connectivity index (χ0v) is 22.5. The molecule has 1 N–H and O–H groups in total. The molecule has 0 unspecified atom stereocenters. The quantitative estimate of drug-likeness (QED) is 0.233. The van der Waals surface area contributed by atoms with E-state index in [1.165, 1.54) is 7.11 Å².